The van der Waals surface area contributed by atoms with Crippen molar-refractivity contribution in [2.45, 2.75) is 65.3 Å². The topological polar surface area (TPSA) is 103 Å². The summed E-state index contributed by atoms with van der Waals surface area (Å²) < 4.78 is 22.3. The molecule has 0 radical (unpaired) electrons. The fraction of sp³-hybridized carbons (Fsp3) is 0.545. The van der Waals surface area contributed by atoms with Crippen molar-refractivity contribution in [1.29, 1.82) is 0 Å². The highest BCUT2D eigenvalue weighted by atomic mass is 16.7. The molecule has 2 rings (SSSR count). The number of phenolic OH excluding ortho intramolecular Hbond substituents is 1. The molecule has 0 bridgehead atoms. The fourth-order valence-electron chi connectivity index (χ4n) is 2.82. The van der Waals surface area contributed by atoms with Crippen LogP contribution in [0.15, 0.2) is 23.7 Å². The predicted molar refractivity (Wildman–Crippen MR) is 118 cm³/mol. The summed E-state index contributed by atoms with van der Waals surface area (Å²) in [7, 11) is 0.514. The zero-order chi connectivity index (χ0) is 23.6. The Labute approximate surface area is 184 Å². The number of benzene rings is 1. The van der Waals surface area contributed by atoms with Crippen LogP contribution in [0.4, 0.5) is 4.79 Å². The molecule has 0 spiro atoms. The number of methoxy groups -OCH3 is 1. The summed E-state index contributed by atoms with van der Waals surface area (Å²) in [5.41, 5.74) is -0.529. The first-order valence-corrected chi connectivity index (χ1v) is 10.1. The van der Waals surface area contributed by atoms with Crippen molar-refractivity contribution in [2.75, 3.05) is 13.7 Å². The number of amides is 1. The first kappa shape index (κ1) is 24.8. The first-order valence-electron chi connectivity index (χ1n) is 10.1. The van der Waals surface area contributed by atoms with Gasteiger partial charge >= 0.3 is 19.2 Å². The minimum Gasteiger partial charge on any atom is -0.507 e. The lowest BCUT2D eigenvalue weighted by Gasteiger charge is -2.32. The van der Waals surface area contributed by atoms with Gasteiger partial charge in [-0.3, -0.25) is 0 Å². The van der Waals surface area contributed by atoms with Crippen LogP contribution >= 0.6 is 0 Å². The highest BCUT2D eigenvalue weighted by molar-refractivity contribution is 6.56. The van der Waals surface area contributed by atoms with Crippen LogP contribution in [0.3, 0.4) is 0 Å². The summed E-state index contributed by atoms with van der Waals surface area (Å²) in [6, 6.07) is 4.54. The van der Waals surface area contributed by atoms with Gasteiger partial charge in [0.1, 0.15) is 16.9 Å². The second-order valence-electron chi connectivity index (χ2n) is 9.43. The van der Waals surface area contributed by atoms with E-state index in [0.717, 1.165) is 0 Å². The molecular weight excluding hydrogens is 401 g/mol. The zero-order valence-corrected chi connectivity index (χ0v) is 19.5. The number of hydrogen-bond donors (Lipinski definition) is 2. The number of phenols is 1. The average Bonchev–Trinajstić information content (AvgIpc) is 2.85. The van der Waals surface area contributed by atoms with Crippen LogP contribution in [0.5, 0.6) is 5.75 Å². The number of rotatable bonds is 5. The highest BCUT2D eigenvalue weighted by Gasteiger charge is 2.52. The number of aromatic hydroxyl groups is 1. The van der Waals surface area contributed by atoms with Crippen molar-refractivity contribution in [3.05, 3.63) is 34.8 Å². The molecule has 1 aromatic rings. The second kappa shape index (κ2) is 8.92. The lowest BCUT2D eigenvalue weighted by molar-refractivity contribution is 0.00578. The maximum atomic E-state index is 12.2. The summed E-state index contributed by atoms with van der Waals surface area (Å²) >= 11 is 0. The lowest BCUT2D eigenvalue weighted by Crippen LogP contribution is -2.41. The maximum absolute atomic E-state index is 12.2. The van der Waals surface area contributed by atoms with E-state index in [2.05, 4.69) is 5.32 Å². The number of esters is 1. The van der Waals surface area contributed by atoms with Crippen molar-refractivity contribution in [2.24, 2.45) is 0 Å². The fourth-order valence-corrected chi connectivity index (χ4v) is 2.82. The molecular formula is C22H32BNO7. The van der Waals surface area contributed by atoms with E-state index in [0.29, 0.717) is 11.0 Å². The molecule has 0 saturated carbocycles. The van der Waals surface area contributed by atoms with Gasteiger partial charge in [0.05, 0.1) is 18.3 Å². The van der Waals surface area contributed by atoms with E-state index in [1.807, 2.05) is 27.7 Å². The van der Waals surface area contributed by atoms with E-state index >= 15 is 0 Å². The molecule has 170 valence electrons. The predicted octanol–water partition coefficient (Wildman–Crippen LogP) is 3.72. The SMILES string of the molecule is COC(=O)c1cc(C=C(CNC(=O)OC(C)(C)C)B2OC(C)(C)C(C)(C)O2)ccc1O. The summed E-state index contributed by atoms with van der Waals surface area (Å²) in [6.45, 7) is 13.2. The molecule has 0 aromatic heterocycles. The van der Waals surface area contributed by atoms with Crippen molar-refractivity contribution in [3.8, 4) is 5.75 Å². The Morgan fingerprint density at radius 1 is 1.16 bits per heavy atom. The van der Waals surface area contributed by atoms with Gasteiger partial charge < -0.3 is 29.2 Å². The standard InChI is InChI=1S/C22H32BNO7/c1-20(2,3)29-19(27)24-13-15(23-30-21(4,5)22(6,7)31-23)11-14-9-10-17(25)16(12-14)18(26)28-8/h9-12,25H,13H2,1-8H3,(H,24,27). The zero-order valence-electron chi connectivity index (χ0n) is 19.5. The minimum atomic E-state index is -0.727. The lowest BCUT2D eigenvalue weighted by atomic mass is 9.77. The molecule has 1 saturated heterocycles. The van der Waals surface area contributed by atoms with E-state index in [1.165, 1.54) is 19.2 Å². The highest BCUT2D eigenvalue weighted by Crippen LogP contribution is 2.38. The molecule has 0 aliphatic carbocycles. The monoisotopic (exact) mass is 433 g/mol. The molecule has 1 heterocycles. The molecule has 31 heavy (non-hydrogen) atoms. The van der Waals surface area contributed by atoms with Crippen LogP contribution in [-0.4, -0.2) is 54.7 Å². The van der Waals surface area contributed by atoms with E-state index < -0.39 is 36.0 Å². The normalized spacial score (nSPS) is 17.9. The molecule has 2 N–H and O–H groups in total. The Balaban J connectivity index is 2.36. The van der Waals surface area contributed by atoms with Crippen molar-refractivity contribution in [3.63, 3.8) is 0 Å². The molecule has 1 aliphatic heterocycles. The Kier molecular flexibility index (Phi) is 7.12. The molecule has 0 atom stereocenters. The van der Waals surface area contributed by atoms with Gasteiger partial charge in [-0.05, 0) is 71.6 Å². The Morgan fingerprint density at radius 3 is 2.26 bits per heavy atom. The van der Waals surface area contributed by atoms with Crippen LogP contribution in [0, 0.1) is 0 Å². The van der Waals surface area contributed by atoms with Gasteiger partial charge in [-0.1, -0.05) is 12.1 Å². The van der Waals surface area contributed by atoms with Gasteiger partial charge in [-0.15, -0.1) is 0 Å². The first-order chi connectivity index (χ1) is 14.1. The van der Waals surface area contributed by atoms with Gasteiger partial charge in [0, 0.05) is 6.54 Å². The van der Waals surface area contributed by atoms with E-state index in [4.69, 9.17) is 18.8 Å². The number of alkyl carbamates (subject to hydrolysis) is 1. The van der Waals surface area contributed by atoms with E-state index in [1.54, 1.807) is 32.9 Å². The van der Waals surface area contributed by atoms with Crippen LogP contribution in [0.2, 0.25) is 0 Å². The summed E-state index contributed by atoms with van der Waals surface area (Å²) in [5.74, 6) is -0.843. The molecule has 1 aliphatic rings. The van der Waals surface area contributed by atoms with Crippen molar-refractivity contribution in [1.82, 2.24) is 5.32 Å². The van der Waals surface area contributed by atoms with Crippen LogP contribution in [-0.2, 0) is 18.8 Å². The molecule has 1 aromatic carbocycles. The van der Waals surface area contributed by atoms with Gasteiger partial charge in [0.25, 0.3) is 0 Å². The molecule has 9 heteroatoms. The Morgan fingerprint density at radius 2 is 1.74 bits per heavy atom. The molecule has 1 amide bonds. The van der Waals surface area contributed by atoms with Crippen LogP contribution in [0.25, 0.3) is 6.08 Å². The molecule has 1 fully saturated rings. The van der Waals surface area contributed by atoms with Crippen molar-refractivity contribution >= 4 is 25.3 Å². The Hall–Kier alpha value is -2.52. The smallest absolute Gasteiger partial charge is 0.492 e. The third kappa shape index (κ3) is 6.24. The quantitative estimate of drug-likeness (QED) is 0.539. The van der Waals surface area contributed by atoms with Crippen LogP contribution in [0.1, 0.15) is 64.4 Å². The Bertz CT molecular complexity index is 855. The number of carbonyl (C=O) groups is 2. The summed E-state index contributed by atoms with van der Waals surface area (Å²) in [5, 5.41) is 12.7. The molecule has 8 nitrogen and oxygen atoms in total. The van der Waals surface area contributed by atoms with E-state index in [9.17, 15) is 14.7 Å². The molecule has 0 unspecified atom stereocenters. The van der Waals surface area contributed by atoms with Gasteiger partial charge in [-0.2, -0.15) is 0 Å². The van der Waals surface area contributed by atoms with Gasteiger partial charge in [-0.25, -0.2) is 9.59 Å². The number of nitrogens with one attached hydrogen (secondary N) is 1. The van der Waals surface area contributed by atoms with Gasteiger partial charge in [0.2, 0.25) is 0 Å². The second-order valence-corrected chi connectivity index (χ2v) is 9.43. The maximum Gasteiger partial charge on any atom is 0.492 e. The van der Waals surface area contributed by atoms with Crippen LogP contribution < -0.4 is 5.32 Å². The third-order valence-electron chi connectivity index (χ3n) is 5.17. The number of carbonyl (C=O) groups excluding carboxylic acids is 2. The largest absolute Gasteiger partial charge is 0.507 e. The van der Waals surface area contributed by atoms with Crippen molar-refractivity contribution < 1.29 is 33.5 Å². The average molecular weight is 433 g/mol. The van der Waals surface area contributed by atoms with Gasteiger partial charge in [0.15, 0.2) is 0 Å². The van der Waals surface area contributed by atoms with E-state index in [-0.39, 0.29) is 17.9 Å². The summed E-state index contributed by atoms with van der Waals surface area (Å²) in [6.07, 6.45) is 1.17. The number of hydrogen-bond acceptors (Lipinski definition) is 7. The number of ether oxygens (including phenoxy) is 2. The summed E-state index contributed by atoms with van der Waals surface area (Å²) in [4.78, 5) is 24.1. The third-order valence-corrected chi connectivity index (χ3v) is 5.17. The minimum absolute atomic E-state index is 0.0321.